The Morgan fingerprint density at radius 2 is 2.12 bits per heavy atom. The third-order valence-corrected chi connectivity index (χ3v) is 2.87. The molecule has 0 aliphatic carbocycles. The van der Waals surface area contributed by atoms with Crippen LogP contribution in [-0.2, 0) is 9.63 Å². The summed E-state index contributed by atoms with van der Waals surface area (Å²) < 4.78 is 0. The Labute approximate surface area is 102 Å². The third-order valence-electron chi connectivity index (χ3n) is 2.13. The number of carbonyl (C=O) groups is 1. The Kier molecular flexibility index (Phi) is 2.84. The molecule has 1 N–H and O–H groups in total. The topological polar surface area (TPSA) is 49.8 Å². The van der Waals surface area contributed by atoms with Gasteiger partial charge in [0, 0.05) is 0 Å². The van der Waals surface area contributed by atoms with Crippen LogP contribution in [0.25, 0.3) is 0 Å². The molecule has 0 spiro atoms. The maximum Gasteiger partial charge on any atom is 0.256 e. The second kappa shape index (κ2) is 3.89. The molecule has 1 aliphatic rings. The molecule has 1 aromatic rings. The first-order chi connectivity index (χ1) is 7.39. The van der Waals surface area contributed by atoms with Gasteiger partial charge in [-0.25, -0.2) is 4.84 Å². The average molecular weight is 262 g/mol. The van der Waals surface area contributed by atoms with Gasteiger partial charge in [0.2, 0.25) is 0 Å². The van der Waals surface area contributed by atoms with Gasteiger partial charge in [0.1, 0.15) is 0 Å². The molecule has 1 amide bonds. The summed E-state index contributed by atoms with van der Waals surface area (Å²) in [6.07, 6.45) is -0.0900. The molecule has 16 heavy (non-hydrogen) atoms. The van der Waals surface area contributed by atoms with Crippen LogP contribution in [0, 0.1) is 0 Å². The van der Waals surface area contributed by atoms with E-state index in [4.69, 9.17) is 28.0 Å². The van der Waals surface area contributed by atoms with E-state index in [2.05, 4.69) is 0 Å². The van der Waals surface area contributed by atoms with Crippen molar-refractivity contribution in [2.75, 3.05) is 5.06 Å². The molecule has 0 aromatic heterocycles. The van der Waals surface area contributed by atoms with E-state index in [9.17, 15) is 9.90 Å². The van der Waals surface area contributed by atoms with E-state index in [0.717, 1.165) is 5.06 Å². The number of rotatable bonds is 1. The maximum atomic E-state index is 11.6. The van der Waals surface area contributed by atoms with Crippen LogP contribution in [0.15, 0.2) is 18.2 Å². The number of hydroxylamine groups is 1. The molecule has 1 aromatic carbocycles. The quantitative estimate of drug-likeness (QED) is 0.845. The van der Waals surface area contributed by atoms with Gasteiger partial charge in [-0.1, -0.05) is 23.2 Å². The normalized spacial score (nSPS) is 25.2. The van der Waals surface area contributed by atoms with Crippen molar-refractivity contribution < 1.29 is 14.7 Å². The number of halogens is 2. The smallest absolute Gasteiger partial charge is 0.256 e. The Morgan fingerprint density at radius 1 is 1.44 bits per heavy atom. The van der Waals surface area contributed by atoms with Crippen LogP contribution in [0.3, 0.4) is 0 Å². The lowest BCUT2D eigenvalue weighted by molar-refractivity contribution is -0.163. The number of anilines is 1. The molecule has 86 valence electrons. The summed E-state index contributed by atoms with van der Waals surface area (Å²) in [5.41, 5.74) is 0.442. The highest BCUT2D eigenvalue weighted by Gasteiger charge is 2.40. The summed E-state index contributed by atoms with van der Waals surface area (Å²) in [7, 11) is 0. The van der Waals surface area contributed by atoms with Gasteiger partial charge in [-0.3, -0.25) is 4.79 Å². The van der Waals surface area contributed by atoms with Crippen molar-refractivity contribution >= 4 is 34.8 Å². The van der Waals surface area contributed by atoms with E-state index in [1.54, 1.807) is 12.1 Å². The Bertz CT molecular complexity index is 448. The van der Waals surface area contributed by atoms with Gasteiger partial charge in [-0.15, -0.1) is 0 Å². The zero-order chi connectivity index (χ0) is 11.9. The van der Waals surface area contributed by atoms with Crippen LogP contribution in [0.5, 0.6) is 0 Å². The number of benzene rings is 1. The van der Waals surface area contributed by atoms with Crippen molar-refractivity contribution in [2.45, 2.75) is 19.1 Å². The van der Waals surface area contributed by atoms with Gasteiger partial charge < -0.3 is 5.11 Å². The van der Waals surface area contributed by atoms with Crippen molar-refractivity contribution in [3.63, 3.8) is 0 Å². The van der Waals surface area contributed by atoms with Gasteiger partial charge in [0.15, 0.2) is 5.79 Å². The first-order valence-electron chi connectivity index (χ1n) is 4.58. The molecule has 1 fully saturated rings. The minimum absolute atomic E-state index is 0.0900. The predicted octanol–water partition coefficient (Wildman–Crippen LogP) is 2.37. The number of aliphatic hydroxyl groups is 1. The molecular formula is C10H9Cl2NO3. The second-order valence-corrected chi connectivity index (χ2v) is 4.54. The number of nitrogens with zero attached hydrogens (tertiary/aromatic N) is 1. The summed E-state index contributed by atoms with van der Waals surface area (Å²) in [6.45, 7) is 1.42. The molecule has 1 heterocycles. The largest absolute Gasteiger partial charge is 0.363 e. The molecule has 0 bridgehead atoms. The summed E-state index contributed by atoms with van der Waals surface area (Å²) in [4.78, 5) is 16.6. The van der Waals surface area contributed by atoms with Crippen molar-refractivity contribution in [3.8, 4) is 0 Å². The standard InChI is InChI=1S/C10H9Cl2NO3/c1-10(15)5-9(14)13(16-10)6-2-3-7(11)8(12)4-6/h2-4,15H,5H2,1H3. The van der Waals surface area contributed by atoms with Gasteiger partial charge in [0.25, 0.3) is 5.91 Å². The average Bonchev–Trinajstić information content (AvgIpc) is 2.45. The maximum absolute atomic E-state index is 11.6. The van der Waals surface area contributed by atoms with E-state index >= 15 is 0 Å². The van der Waals surface area contributed by atoms with Gasteiger partial charge in [-0.2, -0.15) is 5.06 Å². The zero-order valence-corrected chi connectivity index (χ0v) is 9.92. The Hall–Kier alpha value is -0.810. The lowest BCUT2D eigenvalue weighted by atomic mass is 10.2. The SMILES string of the molecule is CC1(O)CC(=O)N(c2ccc(Cl)c(Cl)c2)O1. The summed E-state index contributed by atoms with van der Waals surface area (Å²) in [5, 5.41) is 11.3. The minimum Gasteiger partial charge on any atom is -0.363 e. The molecule has 6 heteroatoms. The van der Waals surface area contributed by atoms with Crippen molar-refractivity contribution in [3.05, 3.63) is 28.2 Å². The van der Waals surface area contributed by atoms with E-state index in [1.807, 2.05) is 0 Å². The van der Waals surface area contributed by atoms with Crippen LogP contribution in [0.4, 0.5) is 5.69 Å². The molecule has 4 nitrogen and oxygen atoms in total. The Balaban J connectivity index is 2.32. The summed E-state index contributed by atoms with van der Waals surface area (Å²) in [6, 6.07) is 4.65. The van der Waals surface area contributed by atoms with E-state index in [1.165, 1.54) is 13.0 Å². The molecule has 1 unspecified atom stereocenters. The van der Waals surface area contributed by atoms with Crippen molar-refractivity contribution in [2.24, 2.45) is 0 Å². The van der Waals surface area contributed by atoms with Gasteiger partial charge in [0.05, 0.1) is 22.2 Å². The summed E-state index contributed by atoms with van der Waals surface area (Å²) >= 11 is 11.6. The second-order valence-electron chi connectivity index (χ2n) is 3.73. The van der Waals surface area contributed by atoms with Crippen LogP contribution < -0.4 is 5.06 Å². The highest BCUT2D eigenvalue weighted by atomic mass is 35.5. The first kappa shape index (κ1) is 11.7. The predicted molar refractivity (Wildman–Crippen MR) is 60.3 cm³/mol. The van der Waals surface area contributed by atoms with Crippen LogP contribution in [0.2, 0.25) is 10.0 Å². The number of carbonyl (C=O) groups excluding carboxylic acids is 1. The van der Waals surface area contributed by atoms with E-state index < -0.39 is 5.79 Å². The minimum atomic E-state index is -1.47. The zero-order valence-electron chi connectivity index (χ0n) is 8.41. The molecule has 1 aliphatic heterocycles. The van der Waals surface area contributed by atoms with Gasteiger partial charge >= 0.3 is 0 Å². The molecule has 2 rings (SSSR count). The first-order valence-corrected chi connectivity index (χ1v) is 5.34. The fourth-order valence-electron chi connectivity index (χ4n) is 1.44. The highest BCUT2D eigenvalue weighted by molar-refractivity contribution is 6.42. The van der Waals surface area contributed by atoms with Crippen molar-refractivity contribution in [1.82, 2.24) is 0 Å². The molecular weight excluding hydrogens is 253 g/mol. The molecule has 1 saturated heterocycles. The van der Waals surface area contributed by atoms with E-state index in [-0.39, 0.29) is 12.3 Å². The third kappa shape index (κ3) is 2.15. The van der Waals surface area contributed by atoms with Gasteiger partial charge in [-0.05, 0) is 25.1 Å². The molecule has 0 radical (unpaired) electrons. The van der Waals surface area contributed by atoms with Crippen LogP contribution in [0.1, 0.15) is 13.3 Å². The molecule has 0 saturated carbocycles. The number of amides is 1. The fourth-order valence-corrected chi connectivity index (χ4v) is 1.73. The van der Waals surface area contributed by atoms with Crippen LogP contribution >= 0.6 is 23.2 Å². The number of hydrogen-bond acceptors (Lipinski definition) is 3. The monoisotopic (exact) mass is 261 g/mol. The van der Waals surface area contributed by atoms with E-state index in [0.29, 0.717) is 15.7 Å². The fraction of sp³-hybridized carbons (Fsp3) is 0.300. The highest BCUT2D eigenvalue weighted by Crippen LogP contribution is 2.32. The number of hydrogen-bond donors (Lipinski definition) is 1. The molecule has 1 atom stereocenters. The lowest BCUT2D eigenvalue weighted by Gasteiger charge is -2.18. The van der Waals surface area contributed by atoms with Crippen LogP contribution in [-0.4, -0.2) is 16.8 Å². The lowest BCUT2D eigenvalue weighted by Crippen LogP contribution is -2.27. The van der Waals surface area contributed by atoms with Crippen molar-refractivity contribution in [1.29, 1.82) is 0 Å². The Morgan fingerprint density at radius 3 is 2.62 bits per heavy atom. The summed E-state index contributed by atoms with van der Waals surface area (Å²) in [5.74, 6) is -1.80.